The third-order valence-corrected chi connectivity index (χ3v) is 5.34. The quantitative estimate of drug-likeness (QED) is 0.573. The van der Waals surface area contributed by atoms with Gasteiger partial charge in [-0.25, -0.2) is 4.79 Å². The van der Waals surface area contributed by atoms with Crippen LogP contribution >= 0.6 is 23.2 Å². The lowest BCUT2D eigenvalue weighted by Crippen LogP contribution is -2.46. The first-order valence-corrected chi connectivity index (χ1v) is 10.5. The first kappa shape index (κ1) is 23.2. The monoisotopic (exact) mass is 467 g/mol. The number of morpholine rings is 1. The van der Waals surface area contributed by atoms with E-state index in [4.69, 9.17) is 42.1 Å². The summed E-state index contributed by atoms with van der Waals surface area (Å²) in [4.78, 5) is 26.6. The van der Waals surface area contributed by atoms with Crippen molar-refractivity contribution in [2.75, 3.05) is 33.4 Å². The van der Waals surface area contributed by atoms with E-state index in [0.29, 0.717) is 47.8 Å². The summed E-state index contributed by atoms with van der Waals surface area (Å²) in [6.45, 7) is 3.68. The van der Waals surface area contributed by atoms with Crippen LogP contribution in [0.3, 0.4) is 0 Å². The molecule has 1 saturated heterocycles. The first-order valence-electron chi connectivity index (χ1n) is 9.71. The van der Waals surface area contributed by atoms with Crippen LogP contribution in [0.25, 0.3) is 0 Å². The minimum atomic E-state index is -0.903. The fourth-order valence-electron chi connectivity index (χ4n) is 3.03. The maximum Gasteiger partial charge on any atom is 0.339 e. The van der Waals surface area contributed by atoms with Crippen molar-refractivity contribution in [2.24, 2.45) is 0 Å². The van der Waals surface area contributed by atoms with Crippen molar-refractivity contribution < 1.29 is 28.5 Å². The molecule has 1 atom stereocenters. The van der Waals surface area contributed by atoms with Gasteiger partial charge in [0.05, 0.1) is 25.9 Å². The van der Waals surface area contributed by atoms with Gasteiger partial charge in [-0.1, -0.05) is 29.3 Å². The second kappa shape index (κ2) is 10.7. The summed E-state index contributed by atoms with van der Waals surface area (Å²) < 4.78 is 21.7. The van der Waals surface area contributed by atoms with Crippen LogP contribution in [0.5, 0.6) is 11.5 Å². The molecular formula is C22H23Cl2NO6. The predicted octanol–water partition coefficient (Wildman–Crippen LogP) is 3.99. The van der Waals surface area contributed by atoms with Gasteiger partial charge in [0, 0.05) is 28.7 Å². The van der Waals surface area contributed by atoms with Crippen LogP contribution in [0.1, 0.15) is 22.8 Å². The van der Waals surface area contributed by atoms with Crippen molar-refractivity contribution in [1.29, 1.82) is 0 Å². The summed E-state index contributed by atoms with van der Waals surface area (Å²) in [6.07, 6.45) is -0.903. The van der Waals surface area contributed by atoms with Crippen molar-refractivity contribution in [3.8, 4) is 11.5 Å². The van der Waals surface area contributed by atoms with Crippen molar-refractivity contribution in [1.82, 2.24) is 4.90 Å². The highest BCUT2D eigenvalue weighted by Gasteiger charge is 2.26. The van der Waals surface area contributed by atoms with E-state index in [2.05, 4.69) is 0 Å². The minimum absolute atomic E-state index is 0.196. The molecule has 1 aliphatic heterocycles. The fraction of sp³-hybridized carbons (Fsp3) is 0.364. The zero-order chi connectivity index (χ0) is 22.4. The molecule has 31 heavy (non-hydrogen) atoms. The number of carbonyl (C=O) groups is 2. The van der Waals surface area contributed by atoms with E-state index in [-0.39, 0.29) is 18.1 Å². The van der Waals surface area contributed by atoms with E-state index in [0.717, 1.165) is 5.56 Å². The van der Waals surface area contributed by atoms with E-state index in [1.165, 1.54) is 13.2 Å². The Morgan fingerprint density at radius 3 is 2.52 bits per heavy atom. The molecule has 7 nitrogen and oxygen atoms in total. The van der Waals surface area contributed by atoms with E-state index >= 15 is 0 Å². The maximum atomic E-state index is 12.5. The number of methoxy groups -OCH3 is 1. The molecule has 0 aromatic heterocycles. The van der Waals surface area contributed by atoms with Gasteiger partial charge in [0.2, 0.25) is 0 Å². The Kier molecular flexibility index (Phi) is 8.01. The van der Waals surface area contributed by atoms with Crippen LogP contribution in [-0.4, -0.2) is 56.3 Å². The van der Waals surface area contributed by atoms with Crippen LogP contribution < -0.4 is 9.47 Å². The molecule has 1 unspecified atom stereocenters. The highest BCUT2D eigenvalue weighted by molar-refractivity contribution is 6.35. The zero-order valence-corrected chi connectivity index (χ0v) is 18.7. The molecule has 0 radical (unpaired) electrons. The Morgan fingerprint density at radius 1 is 1.10 bits per heavy atom. The fourth-order valence-corrected chi connectivity index (χ4v) is 3.49. The maximum absolute atomic E-state index is 12.5. The number of hydrogen-bond donors (Lipinski definition) is 0. The summed E-state index contributed by atoms with van der Waals surface area (Å²) in [5.74, 6) is -0.0858. The Balaban J connectivity index is 1.64. The summed E-state index contributed by atoms with van der Waals surface area (Å²) in [6, 6.07) is 9.80. The molecule has 0 aliphatic carbocycles. The summed E-state index contributed by atoms with van der Waals surface area (Å²) in [7, 11) is 1.47. The number of ether oxygens (including phenoxy) is 4. The normalized spacial score (nSPS) is 14.6. The Hall–Kier alpha value is -2.48. The van der Waals surface area contributed by atoms with Gasteiger partial charge in [-0.3, -0.25) is 4.79 Å². The third kappa shape index (κ3) is 6.03. The molecule has 166 valence electrons. The van der Waals surface area contributed by atoms with Crippen LogP contribution in [0, 0.1) is 0 Å². The number of benzene rings is 2. The highest BCUT2D eigenvalue weighted by Crippen LogP contribution is 2.30. The number of amides is 1. The van der Waals surface area contributed by atoms with Crippen LogP contribution in [-0.2, 0) is 20.9 Å². The standard InChI is InChI=1S/C22H23Cl2NO6/c1-14(21(26)25-7-9-29-10-8-25)31-22(27)15-4-6-19(20(11-15)28-2)30-13-16-3-5-17(23)12-18(16)24/h3-6,11-12,14H,7-10,13H2,1-2H3. The summed E-state index contributed by atoms with van der Waals surface area (Å²) in [5, 5.41) is 1.03. The van der Waals surface area contributed by atoms with Crippen LogP contribution in [0.15, 0.2) is 36.4 Å². The average molecular weight is 468 g/mol. The SMILES string of the molecule is COc1cc(C(=O)OC(C)C(=O)N2CCOCC2)ccc1OCc1ccc(Cl)cc1Cl. The second-order valence-corrected chi connectivity index (χ2v) is 7.72. The van der Waals surface area contributed by atoms with E-state index < -0.39 is 12.1 Å². The molecule has 1 aliphatic rings. The van der Waals surface area contributed by atoms with Gasteiger partial charge in [0.1, 0.15) is 6.61 Å². The van der Waals surface area contributed by atoms with Gasteiger partial charge in [-0.2, -0.15) is 0 Å². The van der Waals surface area contributed by atoms with Crippen molar-refractivity contribution in [3.63, 3.8) is 0 Å². The third-order valence-electron chi connectivity index (χ3n) is 4.75. The number of nitrogens with zero attached hydrogens (tertiary/aromatic N) is 1. The topological polar surface area (TPSA) is 74.3 Å². The largest absolute Gasteiger partial charge is 0.493 e. The molecule has 0 spiro atoms. The zero-order valence-electron chi connectivity index (χ0n) is 17.2. The molecule has 2 aromatic carbocycles. The number of esters is 1. The van der Waals surface area contributed by atoms with Gasteiger partial charge in [-0.15, -0.1) is 0 Å². The van der Waals surface area contributed by atoms with Gasteiger partial charge in [0.15, 0.2) is 17.6 Å². The van der Waals surface area contributed by atoms with Gasteiger partial charge >= 0.3 is 5.97 Å². The van der Waals surface area contributed by atoms with Crippen LogP contribution in [0.2, 0.25) is 10.0 Å². The molecule has 9 heteroatoms. The Morgan fingerprint density at radius 2 is 1.84 bits per heavy atom. The average Bonchev–Trinajstić information content (AvgIpc) is 2.78. The molecule has 0 N–H and O–H groups in total. The van der Waals surface area contributed by atoms with E-state index in [1.807, 2.05) is 0 Å². The smallest absolute Gasteiger partial charge is 0.339 e. The molecule has 3 rings (SSSR count). The Bertz CT molecular complexity index is 946. The van der Waals surface area contributed by atoms with Crippen molar-refractivity contribution in [3.05, 3.63) is 57.6 Å². The van der Waals surface area contributed by atoms with Gasteiger partial charge < -0.3 is 23.8 Å². The van der Waals surface area contributed by atoms with Crippen molar-refractivity contribution in [2.45, 2.75) is 19.6 Å². The molecule has 2 aromatic rings. The van der Waals surface area contributed by atoms with Gasteiger partial charge in [0.25, 0.3) is 5.91 Å². The lowest BCUT2D eigenvalue weighted by molar-refractivity contribution is -0.143. The number of rotatable bonds is 7. The first-order chi connectivity index (χ1) is 14.9. The molecule has 0 bridgehead atoms. The van der Waals surface area contributed by atoms with Gasteiger partial charge in [-0.05, 0) is 37.3 Å². The summed E-state index contributed by atoms with van der Waals surface area (Å²) in [5.41, 5.74) is 1.00. The van der Waals surface area contributed by atoms with Crippen molar-refractivity contribution >= 4 is 35.1 Å². The lowest BCUT2D eigenvalue weighted by atomic mass is 10.2. The number of hydrogen-bond acceptors (Lipinski definition) is 6. The minimum Gasteiger partial charge on any atom is -0.493 e. The lowest BCUT2D eigenvalue weighted by Gasteiger charge is -2.29. The molecule has 0 saturated carbocycles. The Labute approximate surface area is 190 Å². The van der Waals surface area contributed by atoms with Crippen LogP contribution in [0.4, 0.5) is 0 Å². The highest BCUT2D eigenvalue weighted by atomic mass is 35.5. The predicted molar refractivity (Wildman–Crippen MR) is 116 cm³/mol. The number of carbonyl (C=O) groups excluding carboxylic acids is 2. The molecule has 1 heterocycles. The molecule has 1 fully saturated rings. The van der Waals surface area contributed by atoms with E-state index in [1.54, 1.807) is 42.2 Å². The second-order valence-electron chi connectivity index (χ2n) is 6.88. The molecule has 1 amide bonds. The summed E-state index contributed by atoms with van der Waals surface area (Å²) >= 11 is 12.1. The molecular weight excluding hydrogens is 445 g/mol. The number of halogens is 2. The van der Waals surface area contributed by atoms with E-state index in [9.17, 15) is 9.59 Å².